The lowest BCUT2D eigenvalue weighted by atomic mass is 9.93. The van der Waals surface area contributed by atoms with E-state index in [1.54, 1.807) is 6.07 Å². The highest BCUT2D eigenvalue weighted by Gasteiger charge is 2.40. The third kappa shape index (κ3) is 4.51. The maximum atomic E-state index is 12.9. The number of halogens is 1. The number of carbonyl (C=O) groups is 1. The highest BCUT2D eigenvalue weighted by atomic mass is 35.5. The third-order valence-electron chi connectivity index (χ3n) is 4.31. The smallest absolute Gasteiger partial charge is 0.246 e. The van der Waals surface area contributed by atoms with Gasteiger partial charge in [-0.25, -0.2) is 8.42 Å². The number of sulfonamides is 1. The molecule has 0 aliphatic rings. The van der Waals surface area contributed by atoms with Crippen LogP contribution in [-0.4, -0.2) is 36.4 Å². The van der Waals surface area contributed by atoms with Crippen LogP contribution in [0.2, 0.25) is 5.02 Å². The number of rotatable bonds is 5. The fourth-order valence-electron chi connectivity index (χ4n) is 2.16. The summed E-state index contributed by atoms with van der Waals surface area (Å²) in [5, 5.41) is 6.88. The highest BCUT2D eigenvalue weighted by molar-refractivity contribution is 7.89. The Morgan fingerprint density at radius 3 is 2.19 bits per heavy atom. The Morgan fingerprint density at radius 1 is 1.15 bits per heavy atom. The third-order valence-corrected chi connectivity index (χ3v) is 6.60. The summed E-state index contributed by atoms with van der Waals surface area (Å²) in [4.78, 5) is 12.8. The first-order valence-corrected chi connectivity index (χ1v) is 10.1. The Kier molecular flexibility index (Phi) is 5.75. The molecule has 0 saturated carbocycles. The van der Waals surface area contributed by atoms with E-state index in [2.05, 4.69) is 10.5 Å². The summed E-state index contributed by atoms with van der Waals surface area (Å²) in [6.07, 6.45) is 0. The number of aromatic nitrogens is 1. The van der Waals surface area contributed by atoms with E-state index in [0.29, 0.717) is 10.8 Å². The molecule has 148 valence electrons. The Balaban J connectivity index is 2.24. The topological polar surface area (TPSA) is 92.5 Å². The van der Waals surface area contributed by atoms with Gasteiger partial charge in [-0.1, -0.05) is 37.5 Å². The fraction of sp³-hybridized carbons (Fsp3) is 0.444. The van der Waals surface area contributed by atoms with Crippen molar-refractivity contribution in [3.05, 3.63) is 41.1 Å². The van der Waals surface area contributed by atoms with E-state index in [1.807, 2.05) is 20.8 Å². The van der Waals surface area contributed by atoms with Crippen molar-refractivity contribution >= 4 is 33.3 Å². The molecule has 1 amide bonds. The molecular weight excluding hydrogens is 390 g/mol. The number of nitrogens with one attached hydrogen (secondary N) is 1. The first kappa shape index (κ1) is 21.4. The van der Waals surface area contributed by atoms with Gasteiger partial charge >= 0.3 is 0 Å². The zero-order valence-electron chi connectivity index (χ0n) is 16.2. The molecule has 2 aromatic rings. The van der Waals surface area contributed by atoms with Crippen LogP contribution in [0.15, 0.2) is 39.8 Å². The molecule has 7 nitrogen and oxygen atoms in total. The quantitative estimate of drug-likeness (QED) is 0.807. The molecule has 0 saturated heterocycles. The Labute approximate surface area is 164 Å². The monoisotopic (exact) mass is 413 g/mol. The Bertz CT molecular complexity index is 928. The van der Waals surface area contributed by atoms with Crippen LogP contribution in [-0.2, 0) is 20.2 Å². The highest BCUT2D eigenvalue weighted by Crippen LogP contribution is 2.27. The molecule has 9 heteroatoms. The predicted molar refractivity (Wildman–Crippen MR) is 104 cm³/mol. The van der Waals surface area contributed by atoms with Gasteiger partial charge in [-0.2, -0.15) is 4.31 Å². The predicted octanol–water partition coefficient (Wildman–Crippen LogP) is 3.66. The number of nitrogens with zero attached hydrogens (tertiary/aromatic N) is 2. The summed E-state index contributed by atoms with van der Waals surface area (Å²) < 4.78 is 32.0. The molecule has 0 unspecified atom stereocenters. The van der Waals surface area contributed by atoms with Crippen molar-refractivity contribution in [2.24, 2.45) is 0 Å². The normalized spacial score (nSPS) is 13.0. The van der Waals surface area contributed by atoms with E-state index >= 15 is 0 Å². The number of hydrogen-bond acceptors (Lipinski definition) is 5. The Hall–Kier alpha value is -1.90. The number of carbonyl (C=O) groups excluding carboxylic acids is 1. The van der Waals surface area contributed by atoms with Crippen LogP contribution in [0, 0.1) is 0 Å². The van der Waals surface area contributed by atoms with Crippen molar-refractivity contribution in [1.29, 1.82) is 0 Å². The molecule has 0 bridgehead atoms. The molecule has 1 aromatic carbocycles. The molecule has 1 N–H and O–H groups in total. The van der Waals surface area contributed by atoms with Crippen molar-refractivity contribution in [2.75, 3.05) is 12.4 Å². The average molecular weight is 414 g/mol. The van der Waals surface area contributed by atoms with E-state index in [-0.39, 0.29) is 16.1 Å². The van der Waals surface area contributed by atoms with E-state index in [1.165, 1.54) is 45.2 Å². The molecule has 27 heavy (non-hydrogen) atoms. The molecule has 1 aromatic heterocycles. The van der Waals surface area contributed by atoms with Gasteiger partial charge in [-0.15, -0.1) is 0 Å². The van der Waals surface area contributed by atoms with Crippen LogP contribution in [0.1, 0.15) is 40.4 Å². The van der Waals surface area contributed by atoms with Gasteiger partial charge in [0, 0.05) is 23.6 Å². The Morgan fingerprint density at radius 2 is 1.70 bits per heavy atom. The molecule has 0 radical (unpaired) electrons. The van der Waals surface area contributed by atoms with Crippen LogP contribution in [0.5, 0.6) is 0 Å². The van der Waals surface area contributed by atoms with Gasteiger partial charge in [-0.3, -0.25) is 4.79 Å². The van der Waals surface area contributed by atoms with Crippen LogP contribution >= 0.6 is 11.6 Å². The molecule has 0 atom stereocenters. The van der Waals surface area contributed by atoms with E-state index < -0.39 is 21.5 Å². The van der Waals surface area contributed by atoms with E-state index in [0.717, 1.165) is 4.31 Å². The van der Waals surface area contributed by atoms with Crippen molar-refractivity contribution in [1.82, 2.24) is 9.46 Å². The number of benzene rings is 1. The second-order valence-corrected chi connectivity index (χ2v) is 10.2. The van der Waals surface area contributed by atoms with Gasteiger partial charge in [-0.05, 0) is 38.1 Å². The lowest BCUT2D eigenvalue weighted by molar-refractivity contribution is -0.123. The van der Waals surface area contributed by atoms with E-state index in [9.17, 15) is 13.2 Å². The number of anilines is 1. The van der Waals surface area contributed by atoms with Crippen LogP contribution in [0.25, 0.3) is 0 Å². The summed E-state index contributed by atoms with van der Waals surface area (Å²) in [7, 11) is -2.54. The summed E-state index contributed by atoms with van der Waals surface area (Å²) in [6.45, 7) is 8.89. The first-order valence-electron chi connectivity index (χ1n) is 8.29. The molecule has 1 heterocycles. The average Bonchev–Trinajstić information content (AvgIpc) is 3.03. The van der Waals surface area contributed by atoms with Gasteiger partial charge in [0.15, 0.2) is 5.82 Å². The second-order valence-electron chi connectivity index (χ2n) is 7.77. The van der Waals surface area contributed by atoms with Gasteiger partial charge in [0.2, 0.25) is 15.9 Å². The summed E-state index contributed by atoms with van der Waals surface area (Å²) in [5.74, 6) is 0.310. The molecular formula is C18H24ClN3O4S. The van der Waals surface area contributed by atoms with Crippen LogP contribution in [0.4, 0.5) is 5.82 Å². The van der Waals surface area contributed by atoms with Gasteiger partial charge in [0.05, 0.1) is 4.90 Å². The van der Waals surface area contributed by atoms with Crippen molar-refractivity contribution < 1.29 is 17.7 Å². The van der Waals surface area contributed by atoms with Gasteiger partial charge in [0.1, 0.15) is 11.3 Å². The van der Waals surface area contributed by atoms with Crippen LogP contribution < -0.4 is 5.32 Å². The van der Waals surface area contributed by atoms with E-state index in [4.69, 9.17) is 16.1 Å². The number of hydrogen-bond donors (Lipinski definition) is 1. The minimum atomic E-state index is -3.90. The molecule has 0 fully saturated rings. The summed E-state index contributed by atoms with van der Waals surface area (Å²) in [6, 6.07) is 7.39. The summed E-state index contributed by atoms with van der Waals surface area (Å²) in [5.41, 5.74) is -1.64. The van der Waals surface area contributed by atoms with Crippen molar-refractivity contribution in [2.45, 2.75) is 50.5 Å². The standard InChI is InChI=1S/C18H24ClN3O4S/c1-17(2,3)14-11-15(21-26-14)20-16(23)18(4,5)22(6)27(24,25)13-9-7-12(19)8-10-13/h7-11H,1-6H3,(H,20,21,23). The zero-order valence-corrected chi connectivity index (χ0v) is 17.8. The zero-order chi connectivity index (χ0) is 20.6. The minimum absolute atomic E-state index is 0.0479. The largest absolute Gasteiger partial charge is 0.359 e. The van der Waals surface area contributed by atoms with Gasteiger partial charge in [0.25, 0.3) is 0 Å². The number of likely N-dealkylation sites (N-methyl/N-ethyl adjacent to an activating group) is 1. The minimum Gasteiger partial charge on any atom is -0.359 e. The molecule has 2 rings (SSSR count). The molecule has 0 aliphatic carbocycles. The van der Waals surface area contributed by atoms with Crippen LogP contribution in [0.3, 0.4) is 0 Å². The fourth-order valence-corrected chi connectivity index (χ4v) is 3.77. The lowest BCUT2D eigenvalue weighted by Gasteiger charge is -2.32. The maximum Gasteiger partial charge on any atom is 0.246 e. The first-order chi connectivity index (χ1) is 12.3. The number of amides is 1. The SMILES string of the molecule is CN(C(C)(C)C(=O)Nc1cc(C(C)(C)C)on1)S(=O)(=O)c1ccc(Cl)cc1. The second kappa shape index (κ2) is 7.26. The van der Waals surface area contributed by atoms with Gasteiger partial charge < -0.3 is 9.84 Å². The van der Waals surface area contributed by atoms with Crippen molar-refractivity contribution in [3.8, 4) is 0 Å². The molecule has 0 spiro atoms. The lowest BCUT2D eigenvalue weighted by Crippen LogP contribution is -2.53. The summed E-state index contributed by atoms with van der Waals surface area (Å²) >= 11 is 5.82. The molecule has 0 aliphatic heterocycles. The maximum absolute atomic E-state index is 12.9. The van der Waals surface area contributed by atoms with Crippen molar-refractivity contribution in [3.63, 3.8) is 0 Å².